The standard InChI is InChI=1S/C26H34N4O/c1-6-26(18-8-7-9-19(10-18)30-14-16(2)17(3)15-30)20-13-27-29-24(20)28-21-11-25(4,5)12-22(31)23(21)26/h7-10,13,16-17,24,28H,6,11-12,14-15H2,1-5H3/t16-,17+,24?,26-/m1/s1. The third kappa shape index (κ3) is 3.07. The summed E-state index contributed by atoms with van der Waals surface area (Å²) in [5, 5.41) is 12.3. The van der Waals surface area contributed by atoms with Crippen LogP contribution in [0.4, 0.5) is 5.69 Å². The Labute approximate surface area is 185 Å². The van der Waals surface area contributed by atoms with Gasteiger partial charge in [-0.25, -0.2) is 0 Å². The number of nitrogens with zero attached hydrogens (tertiary/aromatic N) is 3. The van der Waals surface area contributed by atoms with Crippen molar-refractivity contribution in [2.45, 2.75) is 65.5 Å². The number of fused-ring (bicyclic) bond motifs is 1. The molecule has 0 amide bonds. The van der Waals surface area contributed by atoms with Crippen LogP contribution in [-0.4, -0.2) is 25.0 Å². The van der Waals surface area contributed by atoms with Gasteiger partial charge >= 0.3 is 0 Å². The number of carbonyl (C=O) groups excluding carboxylic acids is 1. The van der Waals surface area contributed by atoms with Crippen molar-refractivity contribution in [3.05, 3.63) is 52.9 Å². The Kier molecular flexibility index (Phi) is 4.65. The first-order valence-electron chi connectivity index (χ1n) is 11.7. The maximum absolute atomic E-state index is 13.6. The summed E-state index contributed by atoms with van der Waals surface area (Å²) in [6.45, 7) is 13.4. The summed E-state index contributed by atoms with van der Waals surface area (Å²) in [5.41, 5.74) is 5.09. The van der Waals surface area contributed by atoms with Gasteiger partial charge in [-0.2, -0.15) is 10.2 Å². The van der Waals surface area contributed by atoms with E-state index in [-0.39, 0.29) is 17.4 Å². The fourth-order valence-corrected chi connectivity index (χ4v) is 6.20. The lowest BCUT2D eigenvalue weighted by atomic mass is 9.59. The number of hydrogen-bond acceptors (Lipinski definition) is 5. The van der Waals surface area contributed by atoms with E-state index in [0.717, 1.165) is 42.8 Å². The number of ketones is 1. The van der Waals surface area contributed by atoms with E-state index in [1.165, 1.54) is 11.3 Å². The summed E-state index contributed by atoms with van der Waals surface area (Å²) in [7, 11) is 0. The molecule has 3 aliphatic heterocycles. The van der Waals surface area contributed by atoms with E-state index in [2.05, 4.69) is 79.3 Å². The van der Waals surface area contributed by atoms with Crippen molar-refractivity contribution >= 4 is 11.5 Å². The van der Waals surface area contributed by atoms with Crippen LogP contribution in [-0.2, 0) is 10.2 Å². The molecule has 1 aromatic carbocycles. The predicted molar refractivity (Wildman–Crippen MR) is 124 cm³/mol. The average Bonchev–Trinajstić information content (AvgIpc) is 3.32. The maximum Gasteiger partial charge on any atom is 0.164 e. The van der Waals surface area contributed by atoms with Crippen molar-refractivity contribution in [1.82, 2.24) is 5.32 Å². The van der Waals surface area contributed by atoms with Gasteiger partial charge in [0.05, 0.1) is 11.6 Å². The van der Waals surface area contributed by atoms with Gasteiger partial charge in [0.1, 0.15) is 0 Å². The Morgan fingerprint density at radius 1 is 1.16 bits per heavy atom. The summed E-state index contributed by atoms with van der Waals surface area (Å²) >= 11 is 0. The van der Waals surface area contributed by atoms with Crippen LogP contribution in [0.3, 0.4) is 0 Å². The second kappa shape index (κ2) is 7.04. The normalized spacial score (nSPS) is 33.8. The van der Waals surface area contributed by atoms with Crippen LogP contribution >= 0.6 is 0 Å². The lowest BCUT2D eigenvalue weighted by Gasteiger charge is -2.48. The number of hydrogen-bond donors (Lipinski definition) is 1. The Bertz CT molecular complexity index is 1010. The van der Waals surface area contributed by atoms with E-state index in [1.54, 1.807) is 0 Å². The fraction of sp³-hybridized carbons (Fsp3) is 0.577. The van der Waals surface area contributed by atoms with Crippen LogP contribution in [0.25, 0.3) is 0 Å². The van der Waals surface area contributed by atoms with Crippen LogP contribution in [0.1, 0.15) is 59.4 Å². The quantitative estimate of drug-likeness (QED) is 0.720. The van der Waals surface area contributed by atoms with Crippen molar-refractivity contribution in [2.24, 2.45) is 27.5 Å². The first kappa shape index (κ1) is 20.5. The molecular formula is C26H34N4O. The highest BCUT2D eigenvalue weighted by molar-refractivity contribution is 6.01. The summed E-state index contributed by atoms with van der Waals surface area (Å²) in [6, 6.07) is 8.91. The third-order valence-corrected chi connectivity index (χ3v) is 8.00. The smallest absolute Gasteiger partial charge is 0.164 e. The Balaban J connectivity index is 1.66. The predicted octanol–water partition coefficient (Wildman–Crippen LogP) is 5.35. The molecule has 0 spiro atoms. The van der Waals surface area contributed by atoms with Crippen LogP contribution in [0, 0.1) is 17.3 Å². The number of allylic oxidation sites excluding steroid dienone is 2. The highest BCUT2D eigenvalue weighted by Crippen LogP contribution is 2.54. The highest BCUT2D eigenvalue weighted by Gasteiger charge is 2.53. The van der Waals surface area contributed by atoms with Crippen LogP contribution in [0.5, 0.6) is 0 Å². The van der Waals surface area contributed by atoms with Crippen molar-refractivity contribution in [2.75, 3.05) is 18.0 Å². The van der Waals surface area contributed by atoms with Crippen molar-refractivity contribution in [1.29, 1.82) is 0 Å². The van der Waals surface area contributed by atoms with E-state index < -0.39 is 5.41 Å². The zero-order chi connectivity index (χ0) is 22.0. The van der Waals surface area contributed by atoms with Gasteiger partial charge in [0.25, 0.3) is 0 Å². The monoisotopic (exact) mass is 418 g/mol. The minimum absolute atomic E-state index is 0.0387. The number of Topliss-reactive ketones (excluding diaryl/α,β-unsaturated/α-hetero) is 1. The summed E-state index contributed by atoms with van der Waals surface area (Å²) in [6.07, 6.45) is 4.00. The average molecular weight is 419 g/mol. The zero-order valence-electron chi connectivity index (χ0n) is 19.4. The van der Waals surface area contributed by atoms with E-state index in [9.17, 15) is 4.79 Å². The number of anilines is 1. The first-order valence-corrected chi connectivity index (χ1v) is 11.7. The summed E-state index contributed by atoms with van der Waals surface area (Å²) < 4.78 is 0. The van der Waals surface area contributed by atoms with Gasteiger partial charge in [0.2, 0.25) is 0 Å². The second-order valence-corrected chi connectivity index (χ2v) is 10.8. The molecule has 0 radical (unpaired) electrons. The first-order chi connectivity index (χ1) is 14.7. The minimum Gasteiger partial charge on any atom is -0.371 e. The highest BCUT2D eigenvalue weighted by atomic mass is 16.1. The topological polar surface area (TPSA) is 57.1 Å². The zero-order valence-corrected chi connectivity index (χ0v) is 19.4. The lowest BCUT2D eigenvalue weighted by Crippen LogP contribution is -2.51. The molecule has 0 bridgehead atoms. The number of nitrogens with one attached hydrogen (secondary N) is 1. The van der Waals surface area contributed by atoms with Gasteiger partial charge in [-0.3, -0.25) is 4.79 Å². The molecule has 31 heavy (non-hydrogen) atoms. The molecule has 1 unspecified atom stereocenters. The van der Waals surface area contributed by atoms with E-state index in [0.29, 0.717) is 18.3 Å². The maximum atomic E-state index is 13.6. The van der Waals surface area contributed by atoms with Gasteiger partial charge in [-0.1, -0.05) is 46.8 Å². The third-order valence-electron chi connectivity index (χ3n) is 8.00. The summed E-state index contributed by atoms with van der Waals surface area (Å²) in [5.74, 6) is 1.65. The Morgan fingerprint density at radius 3 is 2.61 bits per heavy atom. The molecular weight excluding hydrogens is 384 g/mol. The van der Waals surface area contributed by atoms with Crippen molar-refractivity contribution in [3.63, 3.8) is 0 Å². The molecule has 5 rings (SSSR count). The molecule has 1 N–H and O–H groups in total. The molecule has 5 nitrogen and oxygen atoms in total. The van der Waals surface area contributed by atoms with E-state index >= 15 is 0 Å². The number of rotatable bonds is 3. The van der Waals surface area contributed by atoms with E-state index in [4.69, 9.17) is 0 Å². The number of carbonyl (C=O) groups is 1. The largest absolute Gasteiger partial charge is 0.371 e. The molecule has 1 saturated heterocycles. The Morgan fingerprint density at radius 2 is 1.90 bits per heavy atom. The van der Waals surface area contributed by atoms with Crippen molar-refractivity contribution in [3.8, 4) is 0 Å². The van der Waals surface area contributed by atoms with Gasteiger partial charge < -0.3 is 10.2 Å². The molecule has 1 fully saturated rings. The van der Waals surface area contributed by atoms with Gasteiger partial charge in [-0.05, 0) is 47.8 Å². The summed E-state index contributed by atoms with van der Waals surface area (Å²) in [4.78, 5) is 16.1. The van der Waals surface area contributed by atoms with Gasteiger partial charge in [0, 0.05) is 42.0 Å². The molecule has 4 atom stereocenters. The molecule has 3 heterocycles. The van der Waals surface area contributed by atoms with Crippen molar-refractivity contribution < 1.29 is 4.79 Å². The lowest BCUT2D eigenvalue weighted by molar-refractivity contribution is -0.119. The minimum atomic E-state index is -0.463. The number of benzene rings is 1. The van der Waals surface area contributed by atoms with Crippen LogP contribution in [0.15, 0.2) is 57.5 Å². The van der Waals surface area contributed by atoms with E-state index in [1.807, 2.05) is 6.20 Å². The molecule has 1 aromatic rings. The van der Waals surface area contributed by atoms with Crippen LogP contribution < -0.4 is 10.2 Å². The molecule has 164 valence electrons. The molecule has 1 aliphatic carbocycles. The Hall–Kier alpha value is -2.43. The van der Waals surface area contributed by atoms with Gasteiger partial charge in [0.15, 0.2) is 11.9 Å². The number of azo groups is 1. The second-order valence-electron chi connectivity index (χ2n) is 10.8. The molecule has 0 saturated carbocycles. The van der Waals surface area contributed by atoms with Gasteiger partial charge in [-0.15, -0.1) is 0 Å². The molecule has 5 heteroatoms. The molecule has 0 aromatic heterocycles. The SMILES string of the molecule is CC[C@@]1(c2cccc(N3C[C@@H](C)[C@@H](C)C3)c2)C2=CN=NC2NC2=C1C(=O)CC(C)(C)C2. The van der Waals surface area contributed by atoms with Crippen LogP contribution in [0.2, 0.25) is 0 Å². The molecule has 4 aliphatic rings. The fourth-order valence-electron chi connectivity index (χ4n) is 6.20.